The van der Waals surface area contributed by atoms with Crippen molar-refractivity contribution in [1.29, 1.82) is 0 Å². The number of aromatic amines is 4. The molecule has 8 heterocycles. The number of hydrogen-bond acceptors (Lipinski definition) is 22. The fourth-order valence-electron chi connectivity index (χ4n) is 16.9. The molecule has 0 amide bonds. The van der Waals surface area contributed by atoms with Crippen molar-refractivity contribution in [2.24, 2.45) is 0 Å². The second-order valence-electron chi connectivity index (χ2n) is 35.9. The second-order valence-corrected chi connectivity index (χ2v) is 36.8. The molecular weight excluding hydrogens is 1800 g/mol. The van der Waals surface area contributed by atoms with Gasteiger partial charge >= 0.3 is 28.9 Å². The number of nitrogens with zero attached hydrogens (tertiary/aromatic N) is 12. The second kappa shape index (κ2) is 41.0. The lowest BCUT2D eigenvalue weighted by Crippen LogP contribution is -2.39. The molecule has 0 atom stereocenters. The van der Waals surface area contributed by atoms with Gasteiger partial charge in [0.2, 0.25) is 0 Å². The minimum absolute atomic E-state index is 0.00623. The molecule has 18 rings (SSSR count). The van der Waals surface area contributed by atoms with Gasteiger partial charge in [0.1, 0.15) is 23.1 Å². The number of benzene rings is 8. The maximum Gasteiger partial charge on any atom is 0.416 e. The van der Waals surface area contributed by atoms with E-state index in [-0.39, 0.29) is 106 Å². The van der Waals surface area contributed by atoms with Crippen molar-refractivity contribution in [3.63, 3.8) is 0 Å². The molecule has 2 saturated carbocycles. The van der Waals surface area contributed by atoms with E-state index in [1.807, 2.05) is 123 Å². The van der Waals surface area contributed by atoms with E-state index in [4.69, 9.17) is 32.7 Å². The van der Waals surface area contributed by atoms with Crippen LogP contribution in [0.2, 0.25) is 10.0 Å². The molecule has 30 nitrogen and oxygen atoms in total. The largest absolute Gasteiger partial charge is 0.490 e. The summed E-state index contributed by atoms with van der Waals surface area (Å²) in [7, 11) is 0. The summed E-state index contributed by atoms with van der Waals surface area (Å²) < 4.78 is 87.0. The number of aromatic nitrogens is 16. The van der Waals surface area contributed by atoms with Crippen LogP contribution >= 0.6 is 23.2 Å². The molecule has 8 N–H and O–H groups in total. The normalized spacial score (nSPS) is 13.3. The summed E-state index contributed by atoms with van der Waals surface area (Å²) in [5, 5.41) is 13.9. The van der Waals surface area contributed by atoms with E-state index >= 15 is 0 Å². The molecular formula is C99H103Cl2F5N20O10. The van der Waals surface area contributed by atoms with Crippen molar-refractivity contribution in [3.8, 4) is 57.6 Å². The average molecular weight is 1900 g/mol. The van der Waals surface area contributed by atoms with Crippen molar-refractivity contribution >= 4 is 67.3 Å². The van der Waals surface area contributed by atoms with Crippen LogP contribution in [0.4, 0.5) is 22.0 Å². The molecule has 8 aliphatic heterocycles. The molecule has 708 valence electrons. The summed E-state index contributed by atoms with van der Waals surface area (Å²) in [5.41, 5.74) is 9.65. The zero-order chi connectivity index (χ0) is 96.9. The number of nitrogens with one attached hydrogen (secondary N) is 8. The van der Waals surface area contributed by atoms with Crippen LogP contribution in [0, 0.1) is 53.2 Å². The highest BCUT2D eigenvalue weighted by Crippen LogP contribution is 2.38. The molecule has 0 spiro atoms. The van der Waals surface area contributed by atoms with Gasteiger partial charge in [-0.3, -0.25) is 39.1 Å². The first-order valence-corrected chi connectivity index (χ1v) is 45.6. The van der Waals surface area contributed by atoms with Crippen LogP contribution < -0.4 is 75.7 Å². The smallest absolute Gasteiger partial charge is 0.416 e. The van der Waals surface area contributed by atoms with Gasteiger partial charge in [0.25, 0.3) is 22.2 Å². The van der Waals surface area contributed by atoms with Crippen molar-refractivity contribution in [1.82, 2.24) is 99.3 Å². The molecule has 0 aromatic heterocycles. The maximum absolute atomic E-state index is 14.0. The van der Waals surface area contributed by atoms with Crippen LogP contribution in [0.15, 0.2) is 172 Å². The van der Waals surface area contributed by atoms with E-state index < -0.39 is 68.4 Å². The lowest BCUT2D eigenvalue weighted by Gasteiger charge is -2.28. The van der Waals surface area contributed by atoms with Crippen LogP contribution in [0.3, 0.4) is 0 Å². The van der Waals surface area contributed by atoms with Gasteiger partial charge in [-0.1, -0.05) is 92.5 Å². The Morgan fingerprint density at radius 1 is 0.390 bits per heavy atom. The number of H-pyrrole nitrogens is 4. The molecule has 2 aliphatic carbocycles. The average Bonchev–Trinajstić information content (AvgIpc) is 1.42. The summed E-state index contributed by atoms with van der Waals surface area (Å²) in [6, 6.07) is 38.8. The Morgan fingerprint density at radius 2 is 0.735 bits per heavy atom. The standard InChI is InChI=1S/C29H35N5O3.C25H25F2N5O3.C23H24ClN5O2.C22H19ClF3N5O2/c1-18-15-22-23(16-24(18)37-21-7-5-6-8-21)34(26-25(31-22)27(35)33-28(36)32-26)14-13-30-17-19-9-11-20(12-10-19)29(2,3)4;1-14-10-19-20(12-21(14)35-17-4-2-3-5-17)32(23-22(29-19)24(33)31-25(34)30-23)9-8-28-13-15-6-7-16(26)11-18(15)27;1-13-11-17-18(12-14(13)2)29(20-19(26-17)21(30)28-22(31)27-20)10-9-25-23(3,4)15-5-7-16(24)8-6-15;1-11-7-16-17(8-12(11)2)31(19-18(28-16)20(32)30-21(33)29-19)6-5-27-10-13-3-4-14(23)9-15(13)22(24,25)26/h9-12,15-16,21,30H,5-8,13-14,17H2,1-4H3,(H,33,35,36);6-7,10-12,17,28H,2-5,8-9,13H2,1H3,(H,31,33,34);5-8,11-12,25H,9-10H2,1-4H3,(H,28,30,31);3-4,7-9,27H,5-6,10H2,1-2H3,(H,30,32,33). The minimum atomic E-state index is -4.53. The summed E-state index contributed by atoms with van der Waals surface area (Å²) in [6.07, 6.45) is 4.65. The Morgan fingerprint density at radius 3 is 1.12 bits per heavy atom. The quantitative estimate of drug-likeness (QED) is 0.0158. The molecule has 37 heteroatoms. The van der Waals surface area contributed by atoms with E-state index in [0.29, 0.717) is 89.5 Å². The van der Waals surface area contributed by atoms with Crippen LogP contribution in [0.25, 0.3) is 90.2 Å². The number of ether oxygens (including phenoxy) is 2. The third-order valence-electron chi connectivity index (χ3n) is 24.6. The van der Waals surface area contributed by atoms with Crippen molar-refractivity contribution in [2.45, 2.75) is 203 Å². The molecule has 0 unspecified atom stereocenters. The Labute approximate surface area is 785 Å². The van der Waals surface area contributed by atoms with Gasteiger partial charge < -0.3 is 49.0 Å². The predicted molar refractivity (Wildman–Crippen MR) is 514 cm³/mol. The summed E-state index contributed by atoms with van der Waals surface area (Å²) >= 11 is 11.8. The summed E-state index contributed by atoms with van der Waals surface area (Å²) in [6.45, 7) is 26.8. The zero-order valence-electron chi connectivity index (χ0n) is 76.9. The van der Waals surface area contributed by atoms with Crippen LogP contribution in [0.5, 0.6) is 11.5 Å². The molecule has 0 radical (unpaired) electrons. The fourth-order valence-corrected chi connectivity index (χ4v) is 17.2. The summed E-state index contributed by atoms with van der Waals surface area (Å²) in [4.78, 5) is 140. The van der Waals surface area contributed by atoms with Crippen molar-refractivity contribution < 1.29 is 31.4 Å². The van der Waals surface area contributed by atoms with E-state index in [0.717, 1.165) is 112 Å². The Kier molecular flexibility index (Phi) is 29.3. The highest BCUT2D eigenvalue weighted by Gasteiger charge is 2.34. The molecule has 10 aliphatic rings. The van der Waals surface area contributed by atoms with E-state index in [2.05, 4.69) is 140 Å². The number of rotatable bonds is 24. The SMILES string of the molecule is Cc1cc2nc3c(=O)[nH]c(=O)nc-3n(CCNC(C)(C)c3ccc(Cl)cc3)c2cc1C.Cc1cc2nc3c(=O)[nH]c(=O)nc-3n(CCNCc3ccc(C(C)(C)C)cc3)c2cc1OC1CCCC1.Cc1cc2nc3c(=O)[nH]c(=O)nc-3n(CCNCc3ccc(Cl)cc3C(F)(F)F)c2cc1C.Cc1cc2nc3c(=O)[nH]c(=O)nc-3n(CCNCc3ccc(F)cc3F)c2cc1OC1CCCC1. The third kappa shape index (κ3) is 22.5. The lowest BCUT2D eigenvalue weighted by molar-refractivity contribution is -0.138. The zero-order valence-corrected chi connectivity index (χ0v) is 78.4. The molecule has 8 aromatic carbocycles. The first-order valence-electron chi connectivity index (χ1n) is 44.9. The third-order valence-corrected chi connectivity index (χ3v) is 25.1. The van der Waals surface area contributed by atoms with Gasteiger partial charge in [0, 0.05) is 111 Å². The Balaban J connectivity index is 0.000000138. The van der Waals surface area contributed by atoms with Gasteiger partial charge in [-0.05, 0) is 235 Å². The van der Waals surface area contributed by atoms with E-state index in [1.54, 1.807) is 9.13 Å². The van der Waals surface area contributed by atoms with Crippen LogP contribution in [-0.2, 0) is 62.9 Å². The Hall–Kier alpha value is -13.5. The highest BCUT2D eigenvalue weighted by molar-refractivity contribution is 6.31. The predicted octanol–water partition coefficient (Wildman–Crippen LogP) is 14.6. The fraction of sp³-hybridized carbons (Fsp3) is 0.354. The van der Waals surface area contributed by atoms with Crippen molar-refractivity contribution in [2.75, 3.05) is 26.2 Å². The van der Waals surface area contributed by atoms with E-state index in [9.17, 15) is 60.3 Å². The number of fused-ring (bicyclic) bond motifs is 8. The van der Waals surface area contributed by atoms with Gasteiger partial charge in [-0.2, -0.15) is 33.1 Å². The lowest BCUT2D eigenvalue weighted by atomic mass is 9.87. The molecule has 0 saturated heterocycles. The first kappa shape index (κ1) is 97.1. The van der Waals surface area contributed by atoms with Crippen LogP contribution in [-0.4, -0.2) is 116 Å². The minimum Gasteiger partial charge on any atom is -0.490 e. The van der Waals surface area contributed by atoms with Gasteiger partial charge in [-0.15, -0.1) is 0 Å². The monoisotopic (exact) mass is 1900 g/mol. The highest BCUT2D eigenvalue weighted by atomic mass is 35.5. The molecule has 0 bridgehead atoms. The first-order chi connectivity index (χ1) is 64.8. The van der Waals surface area contributed by atoms with E-state index in [1.165, 1.54) is 48.2 Å². The van der Waals surface area contributed by atoms with Gasteiger partial charge in [-0.25, -0.2) is 47.9 Å². The van der Waals surface area contributed by atoms with Crippen molar-refractivity contribution in [3.05, 3.63) is 305 Å². The number of hydrogen-bond donors (Lipinski definition) is 8. The topological polar surface area (TPSA) is 389 Å². The summed E-state index contributed by atoms with van der Waals surface area (Å²) in [5.74, 6) is 1.14. The Bertz CT molecular complexity index is 7550. The number of aryl methyl sites for hydroxylation is 6. The number of alkyl halides is 3. The van der Waals surface area contributed by atoms with Gasteiger partial charge in [0.05, 0.1) is 61.9 Å². The molecule has 136 heavy (non-hydrogen) atoms. The maximum atomic E-state index is 14.0. The molecule has 2 fully saturated rings. The van der Waals surface area contributed by atoms with Gasteiger partial charge in [0.15, 0.2) is 46.1 Å². The molecule has 8 aromatic rings. The number of halogens is 7. The van der Waals surface area contributed by atoms with Crippen LogP contribution in [0.1, 0.15) is 153 Å².